The second kappa shape index (κ2) is 2.95. The van der Waals surface area contributed by atoms with Gasteiger partial charge in [-0.05, 0) is 37.5 Å². The predicted molar refractivity (Wildman–Crippen MR) is 52.6 cm³/mol. The van der Waals surface area contributed by atoms with Crippen LogP contribution in [0, 0.1) is 5.82 Å². The molecule has 1 fully saturated rings. The smallest absolute Gasteiger partial charge is 0.165 e. The van der Waals surface area contributed by atoms with Crippen molar-refractivity contribution in [2.24, 2.45) is 5.73 Å². The number of benzene rings is 1. The van der Waals surface area contributed by atoms with Gasteiger partial charge in [0.05, 0.1) is 0 Å². The molecule has 0 spiro atoms. The van der Waals surface area contributed by atoms with Gasteiger partial charge in [0, 0.05) is 11.5 Å². The Hall–Kier alpha value is -1.09. The Labute approximate surface area is 82.5 Å². The quantitative estimate of drug-likeness (QED) is 0.757. The lowest BCUT2D eigenvalue weighted by Gasteiger charge is -2.20. The van der Waals surface area contributed by atoms with E-state index in [1.165, 1.54) is 12.1 Å². The first-order valence-electron chi connectivity index (χ1n) is 4.81. The van der Waals surface area contributed by atoms with Crippen LogP contribution >= 0.6 is 0 Å². The third-order valence-corrected chi connectivity index (χ3v) is 3.18. The highest BCUT2D eigenvalue weighted by molar-refractivity contribution is 5.38. The summed E-state index contributed by atoms with van der Waals surface area (Å²) < 4.78 is 13.1. The Morgan fingerprint density at radius 2 is 2.14 bits per heavy atom. The fourth-order valence-corrected chi connectivity index (χ4v) is 1.96. The first kappa shape index (κ1) is 9.46. The fraction of sp³-hybridized carbons (Fsp3) is 0.455. The second-order valence-corrected chi connectivity index (χ2v) is 4.11. The van der Waals surface area contributed by atoms with Gasteiger partial charge in [0.2, 0.25) is 0 Å². The van der Waals surface area contributed by atoms with Gasteiger partial charge >= 0.3 is 0 Å². The summed E-state index contributed by atoms with van der Waals surface area (Å²) in [6.45, 7) is 1.94. The fourth-order valence-electron chi connectivity index (χ4n) is 1.96. The van der Waals surface area contributed by atoms with Gasteiger partial charge in [-0.3, -0.25) is 0 Å². The molecule has 0 radical (unpaired) electrons. The number of phenolic OH excluding ortho intramolecular Hbond substituents is 1. The molecule has 3 N–H and O–H groups in total. The van der Waals surface area contributed by atoms with Gasteiger partial charge in [-0.2, -0.15) is 0 Å². The molecule has 1 atom stereocenters. The standard InChI is InChI=1S/C11H14FNO/c1-7(13)11(4-5-11)8-2-3-10(14)9(12)6-8/h2-3,6-7,14H,4-5,13H2,1H3. The molecule has 1 unspecified atom stereocenters. The Morgan fingerprint density at radius 1 is 1.50 bits per heavy atom. The topological polar surface area (TPSA) is 46.2 Å². The van der Waals surface area contributed by atoms with Crippen molar-refractivity contribution >= 4 is 0 Å². The minimum atomic E-state index is -0.561. The summed E-state index contributed by atoms with van der Waals surface area (Å²) in [6, 6.07) is 4.58. The maximum Gasteiger partial charge on any atom is 0.165 e. The van der Waals surface area contributed by atoms with E-state index in [0.29, 0.717) is 0 Å². The summed E-state index contributed by atoms with van der Waals surface area (Å²) >= 11 is 0. The van der Waals surface area contributed by atoms with Gasteiger partial charge in [0.1, 0.15) is 0 Å². The molecule has 3 heteroatoms. The van der Waals surface area contributed by atoms with Crippen molar-refractivity contribution in [3.8, 4) is 5.75 Å². The van der Waals surface area contributed by atoms with E-state index < -0.39 is 5.82 Å². The average Bonchev–Trinajstić information content (AvgIpc) is 2.90. The zero-order valence-electron chi connectivity index (χ0n) is 8.13. The van der Waals surface area contributed by atoms with Gasteiger partial charge in [-0.1, -0.05) is 6.07 Å². The van der Waals surface area contributed by atoms with E-state index in [0.717, 1.165) is 18.4 Å². The number of aromatic hydroxyl groups is 1. The zero-order valence-corrected chi connectivity index (χ0v) is 8.13. The van der Waals surface area contributed by atoms with Crippen LogP contribution < -0.4 is 5.73 Å². The van der Waals surface area contributed by atoms with E-state index >= 15 is 0 Å². The van der Waals surface area contributed by atoms with E-state index in [-0.39, 0.29) is 17.2 Å². The van der Waals surface area contributed by atoms with E-state index in [2.05, 4.69) is 0 Å². The second-order valence-electron chi connectivity index (χ2n) is 4.11. The predicted octanol–water partition coefficient (Wildman–Crippen LogP) is 1.91. The van der Waals surface area contributed by atoms with Gasteiger partial charge < -0.3 is 10.8 Å². The molecule has 1 aliphatic carbocycles. The summed E-state index contributed by atoms with van der Waals surface area (Å²) in [6.07, 6.45) is 2.02. The first-order valence-corrected chi connectivity index (χ1v) is 4.81. The minimum absolute atomic E-state index is 0.0337. The van der Waals surface area contributed by atoms with Crippen LogP contribution in [0.4, 0.5) is 4.39 Å². The number of hydrogen-bond donors (Lipinski definition) is 2. The van der Waals surface area contributed by atoms with Crippen LogP contribution in [0.2, 0.25) is 0 Å². The van der Waals surface area contributed by atoms with Crippen molar-refractivity contribution < 1.29 is 9.50 Å². The maximum atomic E-state index is 13.1. The molecule has 0 heterocycles. The minimum Gasteiger partial charge on any atom is -0.505 e. The van der Waals surface area contributed by atoms with E-state index in [4.69, 9.17) is 10.8 Å². The number of phenols is 1. The molecule has 0 saturated heterocycles. The summed E-state index contributed by atoms with van der Waals surface area (Å²) in [5.74, 6) is -0.858. The lowest BCUT2D eigenvalue weighted by atomic mass is 9.89. The van der Waals surface area contributed by atoms with Crippen LogP contribution in [-0.2, 0) is 5.41 Å². The van der Waals surface area contributed by atoms with E-state index in [1.54, 1.807) is 6.07 Å². The molecular formula is C11H14FNO. The third-order valence-electron chi connectivity index (χ3n) is 3.18. The largest absolute Gasteiger partial charge is 0.505 e. The Morgan fingerprint density at radius 3 is 2.57 bits per heavy atom. The normalized spacial score (nSPS) is 20.5. The summed E-state index contributed by atoms with van der Waals surface area (Å²) in [4.78, 5) is 0. The van der Waals surface area contributed by atoms with Crippen molar-refractivity contribution in [1.82, 2.24) is 0 Å². The number of rotatable bonds is 2. The number of hydrogen-bond acceptors (Lipinski definition) is 2. The van der Waals surface area contributed by atoms with Gasteiger partial charge in [0.15, 0.2) is 11.6 Å². The molecule has 14 heavy (non-hydrogen) atoms. The van der Waals surface area contributed by atoms with E-state index in [9.17, 15) is 4.39 Å². The lowest BCUT2D eigenvalue weighted by molar-refractivity contribution is 0.430. The van der Waals surface area contributed by atoms with Crippen LogP contribution in [-0.4, -0.2) is 11.1 Å². The monoisotopic (exact) mass is 195 g/mol. The summed E-state index contributed by atoms with van der Waals surface area (Å²) in [7, 11) is 0. The lowest BCUT2D eigenvalue weighted by Crippen LogP contribution is -2.31. The van der Waals surface area contributed by atoms with Crippen LogP contribution in [0.1, 0.15) is 25.3 Å². The summed E-state index contributed by atoms with van der Waals surface area (Å²) in [5.41, 5.74) is 6.73. The highest BCUT2D eigenvalue weighted by Crippen LogP contribution is 2.50. The summed E-state index contributed by atoms with van der Waals surface area (Å²) in [5, 5.41) is 9.06. The Kier molecular flexibility index (Phi) is 2.00. The van der Waals surface area contributed by atoms with Crippen molar-refractivity contribution in [2.45, 2.75) is 31.2 Å². The highest BCUT2D eigenvalue weighted by Gasteiger charge is 2.47. The van der Waals surface area contributed by atoms with Gasteiger partial charge in [-0.15, -0.1) is 0 Å². The molecule has 1 aliphatic rings. The number of nitrogens with two attached hydrogens (primary N) is 1. The van der Waals surface area contributed by atoms with Gasteiger partial charge in [0.25, 0.3) is 0 Å². The SMILES string of the molecule is CC(N)C1(c2ccc(O)c(F)c2)CC1. The zero-order chi connectivity index (χ0) is 10.3. The first-order chi connectivity index (χ1) is 6.56. The molecule has 0 amide bonds. The highest BCUT2D eigenvalue weighted by atomic mass is 19.1. The van der Waals surface area contributed by atoms with Crippen molar-refractivity contribution in [3.05, 3.63) is 29.6 Å². The average molecular weight is 195 g/mol. The van der Waals surface area contributed by atoms with Crippen molar-refractivity contribution in [2.75, 3.05) is 0 Å². The van der Waals surface area contributed by atoms with Crippen molar-refractivity contribution in [1.29, 1.82) is 0 Å². The van der Waals surface area contributed by atoms with Crippen LogP contribution in [0.25, 0.3) is 0 Å². The van der Waals surface area contributed by atoms with Crippen LogP contribution in [0.5, 0.6) is 5.75 Å². The molecule has 1 aromatic rings. The Balaban J connectivity index is 2.38. The molecule has 76 valence electrons. The molecule has 0 aliphatic heterocycles. The van der Waals surface area contributed by atoms with Crippen molar-refractivity contribution in [3.63, 3.8) is 0 Å². The molecule has 1 saturated carbocycles. The van der Waals surface area contributed by atoms with Crippen LogP contribution in [0.15, 0.2) is 18.2 Å². The molecule has 1 aromatic carbocycles. The molecule has 2 rings (SSSR count). The third kappa shape index (κ3) is 1.28. The maximum absolute atomic E-state index is 13.1. The Bertz CT molecular complexity index is 358. The number of halogens is 1. The molecule has 0 aromatic heterocycles. The van der Waals surface area contributed by atoms with Crippen LogP contribution in [0.3, 0.4) is 0 Å². The molecular weight excluding hydrogens is 181 g/mol. The van der Waals surface area contributed by atoms with E-state index in [1.807, 2.05) is 6.92 Å². The van der Waals surface area contributed by atoms with Gasteiger partial charge in [-0.25, -0.2) is 4.39 Å². The molecule has 2 nitrogen and oxygen atoms in total. The molecule has 0 bridgehead atoms.